The van der Waals surface area contributed by atoms with E-state index in [4.69, 9.17) is 0 Å². The number of hydrogen-bond acceptors (Lipinski definition) is 2. The van der Waals surface area contributed by atoms with E-state index in [1.165, 1.54) is 25.7 Å². The second-order valence-corrected chi connectivity index (χ2v) is 4.24. The van der Waals surface area contributed by atoms with E-state index in [9.17, 15) is 4.39 Å². The average Bonchev–Trinajstić information content (AvgIpc) is 2.21. The quantitative estimate of drug-likeness (QED) is 0.642. The SMILES string of the molecule is CC1CCC(c2cnc(F)nc2)CC1. The zero-order chi connectivity index (χ0) is 9.97. The molecule has 1 aliphatic carbocycles. The maximum Gasteiger partial charge on any atom is 0.308 e. The van der Waals surface area contributed by atoms with Crippen LogP contribution in [0.2, 0.25) is 0 Å². The summed E-state index contributed by atoms with van der Waals surface area (Å²) >= 11 is 0. The van der Waals surface area contributed by atoms with Gasteiger partial charge in [-0.2, -0.15) is 4.39 Å². The smallest absolute Gasteiger partial charge is 0.210 e. The van der Waals surface area contributed by atoms with Gasteiger partial charge >= 0.3 is 6.08 Å². The van der Waals surface area contributed by atoms with Gasteiger partial charge in [-0.25, -0.2) is 9.97 Å². The fourth-order valence-electron chi connectivity index (χ4n) is 2.13. The van der Waals surface area contributed by atoms with Gasteiger partial charge in [0.2, 0.25) is 0 Å². The van der Waals surface area contributed by atoms with E-state index in [1.807, 2.05) is 0 Å². The lowest BCUT2D eigenvalue weighted by Crippen LogP contribution is -2.11. The Bertz CT molecular complexity index is 289. The third kappa shape index (κ3) is 2.08. The minimum atomic E-state index is -0.627. The van der Waals surface area contributed by atoms with Gasteiger partial charge in [0.25, 0.3) is 0 Å². The van der Waals surface area contributed by atoms with Crippen molar-refractivity contribution in [3.8, 4) is 0 Å². The zero-order valence-electron chi connectivity index (χ0n) is 8.41. The molecule has 1 aromatic rings. The van der Waals surface area contributed by atoms with Crippen LogP contribution in [0, 0.1) is 12.0 Å². The van der Waals surface area contributed by atoms with Crippen LogP contribution >= 0.6 is 0 Å². The molecule has 1 saturated carbocycles. The summed E-state index contributed by atoms with van der Waals surface area (Å²) < 4.78 is 12.5. The summed E-state index contributed by atoms with van der Waals surface area (Å²) in [5.74, 6) is 1.39. The molecule has 0 atom stereocenters. The molecule has 0 aromatic carbocycles. The third-order valence-electron chi connectivity index (χ3n) is 3.13. The fourth-order valence-corrected chi connectivity index (χ4v) is 2.13. The van der Waals surface area contributed by atoms with Gasteiger partial charge in [-0.1, -0.05) is 19.8 Å². The molecule has 1 heterocycles. The van der Waals surface area contributed by atoms with E-state index in [-0.39, 0.29) is 0 Å². The Morgan fingerprint density at radius 2 is 1.71 bits per heavy atom. The van der Waals surface area contributed by atoms with E-state index in [0.29, 0.717) is 5.92 Å². The molecule has 0 unspecified atom stereocenters. The van der Waals surface area contributed by atoms with Crippen molar-refractivity contribution in [1.82, 2.24) is 9.97 Å². The van der Waals surface area contributed by atoms with Gasteiger partial charge in [-0.3, -0.25) is 0 Å². The molecule has 0 aliphatic heterocycles. The maximum atomic E-state index is 12.5. The van der Waals surface area contributed by atoms with E-state index < -0.39 is 6.08 Å². The van der Waals surface area contributed by atoms with Crippen molar-refractivity contribution in [3.05, 3.63) is 24.0 Å². The molecule has 1 aromatic heterocycles. The average molecular weight is 194 g/mol. The highest BCUT2D eigenvalue weighted by Gasteiger charge is 2.20. The number of aromatic nitrogens is 2. The van der Waals surface area contributed by atoms with Crippen molar-refractivity contribution in [2.75, 3.05) is 0 Å². The molecule has 1 fully saturated rings. The van der Waals surface area contributed by atoms with Crippen molar-refractivity contribution in [2.45, 2.75) is 38.5 Å². The molecular formula is C11H15FN2. The molecule has 0 amide bonds. The summed E-state index contributed by atoms with van der Waals surface area (Å²) in [5.41, 5.74) is 1.10. The van der Waals surface area contributed by atoms with Crippen LogP contribution in [-0.2, 0) is 0 Å². The van der Waals surface area contributed by atoms with Crippen LogP contribution in [0.3, 0.4) is 0 Å². The lowest BCUT2D eigenvalue weighted by Gasteiger charge is -2.25. The minimum Gasteiger partial charge on any atom is -0.210 e. The van der Waals surface area contributed by atoms with Crippen LogP contribution in [0.15, 0.2) is 12.4 Å². The van der Waals surface area contributed by atoms with Crippen LogP contribution in [-0.4, -0.2) is 9.97 Å². The Kier molecular flexibility index (Phi) is 2.75. The molecule has 2 nitrogen and oxygen atoms in total. The van der Waals surface area contributed by atoms with Crippen LogP contribution in [0.25, 0.3) is 0 Å². The summed E-state index contributed by atoms with van der Waals surface area (Å²) in [4.78, 5) is 7.19. The van der Waals surface area contributed by atoms with E-state index in [0.717, 1.165) is 11.5 Å². The predicted octanol–water partition coefficient (Wildman–Crippen LogP) is 2.91. The Labute approximate surface area is 83.6 Å². The molecule has 0 spiro atoms. The van der Waals surface area contributed by atoms with Gasteiger partial charge in [-0.15, -0.1) is 0 Å². The summed E-state index contributed by atoms with van der Waals surface area (Å²) in [6, 6.07) is 0. The van der Waals surface area contributed by atoms with Crippen molar-refractivity contribution in [2.24, 2.45) is 5.92 Å². The van der Waals surface area contributed by atoms with Crippen molar-refractivity contribution >= 4 is 0 Å². The van der Waals surface area contributed by atoms with Crippen molar-refractivity contribution in [1.29, 1.82) is 0 Å². The monoisotopic (exact) mass is 194 g/mol. The normalized spacial score (nSPS) is 27.6. The first-order valence-electron chi connectivity index (χ1n) is 5.23. The lowest BCUT2D eigenvalue weighted by molar-refractivity contribution is 0.346. The minimum absolute atomic E-state index is 0.548. The second kappa shape index (κ2) is 4.03. The number of nitrogens with zero attached hydrogens (tertiary/aromatic N) is 2. The Balaban J connectivity index is 2.05. The van der Waals surface area contributed by atoms with Crippen LogP contribution in [0.5, 0.6) is 0 Å². The predicted molar refractivity (Wildman–Crippen MR) is 52.4 cm³/mol. The fraction of sp³-hybridized carbons (Fsp3) is 0.636. The largest absolute Gasteiger partial charge is 0.308 e. The summed E-state index contributed by atoms with van der Waals surface area (Å²) in [5, 5.41) is 0. The van der Waals surface area contributed by atoms with Crippen molar-refractivity contribution < 1.29 is 4.39 Å². The van der Waals surface area contributed by atoms with Crippen molar-refractivity contribution in [3.63, 3.8) is 0 Å². The van der Waals surface area contributed by atoms with Gasteiger partial charge in [-0.05, 0) is 30.2 Å². The Morgan fingerprint density at radius 1 is 1.14 bits per heavy atom. The van der Waals surface area contributed by atoms with Gasteiger partial charge in [0.05, 0.1) is 0 Å². The molecule has 76 valence electrons. The summed E-state index contributed by atoms with van der Waals surface area (Å²) in [7, 11) is 0. The number of halogens is 1. The first kappa shape index (κ1) is 9.56. The molecule has 3 heteroatoms. The Morgan fingerprint density at radius 3 is 2.29 bits per heavy atom. The summed E-state index contributed by atoms with van der Waals surface area (Å²) in [6.07, 6.45) is 7.54. The lowest BCUT2D eigenvalue weighted by atomic mass is 9.80. The van der Waals surface area contributed by atoms with Gasteiger partial charge in [0.15, 0.2) is 0 Å². The molecule has 1 aliphatic rings. The molecular weight excluding hydrogens is 179 g/mol. The molecule has 0 radical (unpaired) electrons. The molecule has 0 bridgehead atoms. The Hall–Kier alpha value is -0.990. The first-order valence-corrected chi connectivity index (χ1v) is 5.23. The third-order valence-corrected chi connectivity index (χ3v) is 3.13. The molecule has 14 heavy (non-hydrogen) atoms. The summed E-state index contributed by atoms with van der Waals surface area (Å²) in [6.45, 7) is 2.29. The standard InChI is InChI=1S/C11H15FN2/c1-8-2-4-9(5-3-8)10-6-13-11(12)14-7-10/h6-9H,2-5H2,1H3. The number of hydrogen-bond donors (Lipinski definition) is 0. The maximum absolute atomic E-state index is 12.5. The molecule has 0 N–H and O–H groups in total. The van der Waals surface area contributed by atoms with Crippen LogP contribution < -0.4 is 0 Å². The number of rotatable bonds is 1. The highest BCUT2D eigenvalue weighted by Crippen LogP contribution is 2.34. The van der Waals surface area contributed by atoms with Gasteiger partial charge in [0, 0.05) is 12.4 Å². The highest BCUT2D eigenvalue weighted by molar-refractivity contribution is 5.11. The van der Waals surface area contributed by atoms with E-state index >= 15 is 0 Å². The van der Waals surface area contributed by atoms with Gasteiger partial charge in [0.1, 0.15) is 0 Å². The van der Waals surface area contributed by atoms with Crippen LogP contribution in [0.4, 0.5) is 4.39 Å². The highest BCUT2D eigenvalue weighted by atomic mass is 19.1. The molecule has 2 rings (SSSR count). The zero-order valence-corrected chi connectivity index (χ0v) is 8.41. The van der Waals surface area contributed by atoms with E-state index in [2.05, 4.69) is 16.9 Å². The topological polar surface area (TPSA) is 25.8 Å². The second-order valence-electron chi connectivity index (χ2n) is 4.24. The van der Waals surface area contributed by atoms with Crippen LogP contribution in [0.1, 0.15) is 44.1 Å². The van der Waals surface area contributed by atoms with Gasteiger partial charge < -0.3 is 0 Å². The van der Waals surface area contributed by atoms with E-state index in [1.54, 1.807) is 12.4 Å². The molecule has 0 saturated heterocycles. The first-order chi connectivity index (χ1) is 6.75.